The monoisotopic (exact) mass is 441 g/mol. The van der Waals surface area contributed by atoms with Gasteiger partial charge in [0.1, 0.15) is 5.75 Å². The molecule has 3 amide bonds. The highest BCUT2D eigenvalue weighted by molar-refractivity contribution is 6.00. The van der Waals surface area contributed by atoms with Crippen molar-refractivity contribution < 1.29 is 29.0 Å². The number of nitrogens with zero attached hydrogens (tertiary/aromatic N) is 2. The second kappa shape index (κ2) is 9.95. The number of nitrogens with one attached hydrogen (secondary N) is 1. The average molecular weight is 441 g/mol. The van der Waals surface area contributed by atoms with Crippen LogP contribution in [0.5, 0.6) is 5.75 Å². The first-order valence-corrected chi connectivity index (χ1v) is 9.84. The van der Waals surface area contributed by atoms with Crippen molar-refractivity contribution in [3.8, 4) is 5.75 Å². The van der Waals surface area contributed by atoms with Crippen molar-refractivity contribution in [1.29, 1.82) is 0 Å². The van der Waals surface area contributed by atoms with Crippen LogP contribution in [0.3, 0.4) is 0 Å². The number of hydrogen-bond donors (Lipinski definition) is 2. The molecule has 0 bridgehead atoms. The van der Waals surface area contributed by atoms with Crippen molar-refractivity contribution in [1.82, 2.24) is 15.3 Å². The molecule has 0 aromatic heterocycles. The van der Waals surface area contributed by atoms with Crippen LogP contribution in [-0.4, -0.2) is 58.5 Å². The summed E-state index contributed by atoms with van der Waals surface area (Å²) in [6, 6.07) is 12.3. The molecule has 0 heterocycles. The van der Waals surface area contributed by atoms with Crippen molar-refractivity contribution in [3.05, 3.63) is 65.2 Å². The molecule has 2 N–H and O–H groups in total. The quantitative estimate of drug-likeness (QED) is 0.689. The number of ether oxygens (including phenoxy) is 1. The number of hydrogen-bond acceptors (Lipinski definition) is 5. The van der Waals surface area contributed by atoms with Gasteiger partial charge in [0.2, 0.25) is 0 Å². The number of carbonyl (C=O) groups excluding carboxylic acids is 3. The largest absolute Gasteiger partial charge is 0.481 e. The van der Waals surface area contributed by atoms with Gasteiger partial charge < -0.3 is 14.7 Å². The van der Waals surface area contributed by atoms with E-state index in [1.807, 2.05) is 0 Å². The third-order valence-electron chi connectivity index (χ3n) is 4.36. The maximum Gasteiger partial charge on any atom is 0.414 e. The van der Waals surface area contributed by atoms with E-state index in [1.165, 1.54) is 40.2 Å². The summed E-state index contributed by atoms with van der Waals surface area (Å²) in [6.45, 7) is 5.23. The molecule has 0 radical (unpaired) electrons. The lowest BCUT2D eigenvalue weighted by Crippen LogP contribution is -2.56. The zero-order valence-corrected chi connectivity index (χ0v) is 18.7. The van der Waals surface area contributed by atoms with Crippen molar-refractivity contribution in [2.45, 2.75) is 32.7 Å². The first kappa shape index (κ1) is 24.4. The predicted octanol–water partition coefficient (Wildman–Crippen LogP) is 2.96. The van der Waals surface area contributed by atoms with E-state index in [1.54, 1.807) is 53.1 Å². The predicted molar refractivity (Wildman–Crippen MR) is 117 cm³/mol. The molecule has 0 atom stereocenters. The first-order valence-electron chi connectivity index (χ1n) is 9.84. The molecule has 0 unspecified atom stereocenters. The summed E-state index contributed by atoms with van der Waals surface area (Å²) in [4.78, 5) is 50.2. The molecule has 9 nitrogen and oxygen atoms in total. The third-order valence-corrected chi connectivity index (χ3v) is 4.36. The Labute approximate surface area is 186 Å². The van der Waals surface area contributed by atoms with Crippen molar-refractivity contribution >= 4 is 23.9 Å². The lowest BCUT2D eigenvalue weighted by Gasteiger charge is -2.36. The lowest BCUT2D eigenvalue weighted by molar-refractivity contribution is -0.136. The van der Waals surface area contributed by atoms with E-state index in [2.05, 4.69) is 5.43 Å². The van der Waals surface area contributed by atoms with E-state index in [4.69, 9.17) is 9.84 Å². The van der Waals surface area contributed by atoms with E-state index in [-0.39, 0.29) is 23.3 Å². The van der Waals surface area contributed by atoms with Crippen LogP contribution in [0.4, 0.5) is 4.79 Å². The van der Waals surface area contributed by atoms with Crippen LogP contribution in [0, 0.1) is 0 Å². The normalized spacial score (nSPS) is 10.8. The van der Waals surface area contributed by atoms with Crippen LogP contribution in [0.15, 0.2) is 48.5 Å². The summed E-state index contributed by atoms with van der Waals surface area (Å²) >= 11 is 0. The number of aliphatic carboxylic acids is 1. The van der Waals surface area contributed by atoms with E-state index in [9.17, 15) is 19.2 Å². The average Bonchev–Trinajstić information content (AvgIpc) is 2.71. The minimum Gasteiger partial charge on any atom is -0.481 e. The van der Waals surface area contributed by atoms with Crippen LogP contribution < -0.4 is 10.2 Å². The van der Waals surface area contributed by atoms with E-state index in [0.29, 0.717) is 5.56 Å². The highest BCUT2D eigenvalue weighted by Crippen LogP contribution is 2.20. The van der Waals surface area contributed by atoms with E-state index in [0.717, 1.165) is 0 Å². The molecule has 170 valence electrons. The Balaban J connectivity index is 2.25. The molecule has 2 aromatic carbocycles. The molecule has 0 spiro atoms. The Morgan fingerprint density at radius 3 is 2.09 bits per heavy atom. The van der Waals surface area contributed by atoms with Gasteiger partial charge in [0, 0.05) is 25.2 Å². The van der Waals surface area contributed by atoms with Gasteiger partial charge in [-0.3, -0.25) is 19.8 Å². The van der Waals surface area contributed by atoms with E-state index < -0.39 is 29.4 Å². The maximum atomic E-state index is 13.3. The molecule has 2 aromatic rings. The van der Waals surface area contributed by atoms with Gasteiger partial charge in [0.05, 0.1) is 12.0 Å². The van der Waals surface area contributed by atoms with Gasteiger partial charge in [0.15, 0.2) is 0 Å². The minimum absolute atomic E-state index is 0.191. The second-order valence-electron chi connectivity index (χ2n) is 8.27. The van der Waals surface area contributed by atoms with Gasteiger partial charge in [0.25, 0.3) is 11.8 Å². The van der Waals surface area contributed by atoms with Gasteiger partial charge in [-0.15, -0.1) is 0 Å². The van der Waals surface area contributed by atoms with Gasteiger partial charge in [-0.25, -0.2) is 9.80 Å². The molecule has 0 fully saturated rings. The Kier molecular flexibility index (Phi) is 7.58. The van der Waals surface area contributed by atoms with Crippen molar-refractivity contribution in [2.24, 2.45) is 0 Å². The van der Waals surface area contributed by atoms with Crippen LogP contribution in [-0.2, 0) is 11.2 Å². The zero-order valence-electron chi connectivity index (χ0n) is 18.7. The molecule has 32 heavy (non-hydrogen) atoms. The Morgan fingerprint density at radius 2 is 1.56 bits per heavy atom. The summed E-state index contributed by atoms with van der Waals surface area (Å²) in [5, 5.41) is 10.3. The third kappa shape index (κ3) is 6.31. The van der Waals surface area contributed by atoms with Gasteiger partial charge in [-0.2, -0.15) is 0 Å². The first-order chi connectivity index (χ1) is 14.9. The number of carbonyl (C=O) groups is 4. The van der Waals surface area contributed by atoms with Crippen LogP contribution in [0.25, 0.3) is 0 Å². The second-order valence-corrected chi connectivity index (χ2v) is 8.27. The molecular weight excluding hydrogens is 414 g/mol. The van der Waals surface area contributed by atoms with Crippen LogP contribution >= 0.6 is 0 Å². The number of benzene rings is 2. The Bertz CT molecular complexity index is 1010. The molecule has 9 heteroatoms. The Hall–Kier alpha value is -3.88. The number of carboxylic acid groups (broad SMARTS) is 1. The molecule has 0 aliphatic rings. The fraction of sp³-hybridized carbons (Fsp3) is 0.304. The number of hydrazine groups is 1. The molecular formula is C23H27N3O6. The smallest absolute Gasteiger partial charge is 0.414 e. The number of rotatable bonds is 5. The molecule has 2 rings (SSSR count). The Morgan fingerprint density at radius 1 is 0.969 bits per heavy atom. The molecule has 0 saturated heterocycles. The van der Waals surface area contributed by atoms with E-state index >= 15 is 0 Å². The van der Waals surface area contributed by atoms with Crippen LogP contribution in [0.2, 0.25) is 0 Å². The van der Waals surface area contributed by atoms with Crippen LogP contribution in [0.1, 0.15) is 47.1 Å². The molecule has 0 aliphatic heterocycles. The molecule has 0 aliphatic carbocycles. The summed E-state index contributed by atoms with van der Waals surface area (Å²) < 4.78 is 5.13. The zero-order chi connectivity index (χ0) is 24.1. The lowest BCUT2D eigenvalue weighted by atomic mass is 10.0. The summed E-state index contributed by atoms with van der Waals surface area (Å²) in [6.07, 6.45) is -0.868. The minimum atomic E-state index is -1.06. The molecule has 0 saturated carbocycles. The fourth-order valence-corrected chi connectivity index (χ4v) is 2.72. The van der Waals surface area contributed by atoms with Gasteiger partial charge >= 0.3 is 12.1 Å². The topological polar surface area (TPSA) is 116 Å². The van der Waals surface area contributed by atoms with Crippen molar-refractivity contribution in [2.75, 3.05) is 14.1 Å². The fourth-order valence-electron chi connectivity index (χ4n) is 2.72. The number of carboxylic acids is 1. The SMILES string of the molecule is CN(C)C(=O)Oc1ccc(C(=O)NN(C(=O)c2ccccc2CC(=O)O)C(C)(C)C)cc1. The maximum absolute atomic E-state index is 13.3. The van der Waals surface area contributed by atoms with Gasteiger partial charge in [-0.1, -0.05) is 18.2 Å². The van der Waals surface area contributed by atoms with Crippen molar-refractivity contribution in [3.63, 3.8) is 0 Å². The highest BCUT2D eigenvalue weighted by atomic mass is 16.6. The summed E-state index contributed by atoms with van der Waals surface area (Å²) in [5.74, 6) is -1.87. The summed E-state index contributed by atoms with van der Waals surface area (Å²) in [7, 11) is 3.10. The standard InChI is InChI=1S/C23H27N3O6/c1-23(2,3)26(21(30)18-9-7-6-8-16(18)14-19(27)28)24-20(29)15-10-12-17(13-11-15)32-22(31)25(4)5/h6-13H,14H2,1-5H3,(H,24,29)(H,27,28). The summed E-state index contributed by atoms with van der Waals surface area (Å²) in [5.41, 5.74) is 2.60. The highest BCUT2D eigenvalue weighted by Gasteiger charge is 2.31. The van der Waals surface area contributed by atoms with Gasteiger partial charge in [-0.05, 0) is 56.7 Å². The number of amides is 3.